The average Bonchev–Trinajstić information content (AvgIpc) is 2.85. The van der Waals surface area contributed by atoms with Crippen molar-refractivity contribution >= 4 is 29.1 Å². The second kappa shape index (κ2) is 6.99. The Morgan fingerprint density at radius 1 is 1.33 bits per heavy atom. The van der Waals surface area contributed by atoms with Gasteiger partial charge < -0.3 is 10.6 Å². The second-order valence-corrected chi connectivity index (χ2v) is 6.82. The molecule has 1 saturated carbocycles. The molecule has 0 spiro atoms. The van der Waals surface area contributed by atoms with Crippen LogP contribution in [0.3, 0.4) is 0 Å². The van der Waals surface area contributed by atoms with Crippen LogP contribution in [0, 0.1) is 5.92 Å². The summed E-state index contributed by atoms with van der Waals surface area (Å²) < 4.78 is 0. The molecule has 2 N–H and O–H groups in total. The summed E-state index contributed by atoms with van der Waals surface area (Å²) in [6.07, 6.45) is 2.87. The monoisotopic (exact) mass is 328 g/mol. The highest BCUT2D eigenvalue weighted by Crippen LogP contribution is 2.28. The predicted octanol–water partition coefficient (Wildman–Crippen LogP) is 3.86. The van der Waals surface area contributed by atoms with E-state index in [0.29, 0.717) is 16.6 Å². The second-order valence-electron chi connectivity index (χ2n) is 6.01. The minimum Gasteiger partial charge on any atom is -0.336 e. The summed E-state index contributed by atoms with van der Waals surface area (Å²) in [7, 11) is 0. The summed E-state index contributed by atoms with van der Waals surface area (Å²) in [6, 6.07) is 5.61. The Morgan fingerprint density at radius 3 is 2.57 bits per heavy atom. The van der Waals surface area contributed by atoms with Crippen LogP contribution in [0.25, 0.3) is 0 Å². The van der Waals surface area contributed by atoms with E-state index in [0.717, 1.165) is 24.8 Å². The molecule has 0 heterocycles. The van der Waals surface area contributed by atoms with E-state index in [9.17, 15) is 4.79 Å². The van der Waals surface area contributed by atoms with Gasteiger partial charge in [-0.3, -0.25) is 4.79 Å². The molecule has 116 valence electrons. The van der Waals surface area contributed by atoms with Crippen LogP contribution >= 0.6 is 23.2 Å². The lowest BCUT2D eigenvalue weighted by Gasteiger charge is -2.31. The summed E-state index contributed by atoms with van der Waals surface area (Å²) in [6.45, 7) is 4.59. The normalized spacial score (nSPS) is 21.8. The average molecular weight is 329 g/mol. The first-order valence-electron chi connectivity index (χ1n) is 7.40. The zero-order valence-electron chi connectivity index (χ0n) is 12.5. The van der Waals surface area contributed by atoms with E-state index in [2.05, 4.69) is 0 Å². The van der Waals surface area contributed by atoms with Crippen LogP contribution in [0.2, 0.25) is 10.0 Å². The molecule has 1 aliphatic carbocycles. The Morgan fingerprint density at radius 2 is 2.05 bits per heavy atom. The summed E-state index contributed by atoms with van der Waals surface area (Å²) in [4.78, 5) is 14.6. The topological polar surface area (TPSA) is 46.3 Å². The van der Waals surface area contributed by atoms with Crippen LogP contribution in [-0.4, -0.2) is 22.9 Å². The van der Waals surface area contributed by atoms with Crippen LogP contribution in [-0.2, 0) is 11.3 Å². The maximum atomic E-state index is 12.7. The molecular formula is C16H22Cl2N2O. The number of rotatable bonds is 4. The Labute approximate surface area is 136 Å². The zero-order valence-corrected chi connectivity index (χ0v) is 14.0. The first-order chi connectivity index (χ1) is 9.90. The molecule has 1 aromatic carbocycles. The molecule has 0 radical (unpaired) electrons. The van der Waals surface area contributed by atoms with Gasteiger partial charge in [-0.2, -0.15) is 0 Å². The Hall–Kier alpha value is -0.770. The first kappa shape index (κ1) is 16.6. The highest BCUT2D eigenvalue weighted by Gasteiger charge is 2.34. The van der Waals surface area contributed by atoms with Gasteiger partial charge in [-0.05, 0) is 44.4 Å². The maximum absolute atomic E-state index is 12.7. The Bertz CT molecular complexity index is 519. The lowest BCUT2D eigenvalue weighted by atomic mass is 10.0. The van der Waals surface area contributed by atoms with Gasteiger partial charge in [0, 0.05) is 18.6 Å². The standard InChI is InChI=1S/C16H22Cl2N2O/c1-10(2)20(16(21)12-4-3-5-15(12)19)9-11-6-7-13(17)14(18)8-11/h6-8,10,12,15H,3-5,9,19H2,1-2H3. The van der Waals surface area contributed by atoms with Gasteiger partial charge in [0.05, 0.1) is 16.0 Å². The number of nitrogens with two attached hydrogens (primary N) is 1. The fourth-order valence-corrected chi connectivity index (χ4v) is 3.18. The van der Waals surface area contributed by atoms with Crippen molar-refractivity contribution in [2.75, 3.05) is 0 Å². The van der Waals surface area contributed by atoms with Crippen molar-refractivity contribution in [1.29, 1.82) is 0 Å². The van der Waals surface area contributed by atoms with Gasteiger partial charge >= 0.3 is 0 Å². The van der Waals surface area contributed by atoms with Gasteiger partial charge in [0.1, 0.15) is 0 Å². The van der Waals surface area contributed by atoms with Gasteiger partial charge in [-0.25, -0.2) is 0 Å². The Balaban J connectivity index is 2.15. The Kier molecular flexibility index (Phi) is 5.53. The molecule has 1 amide bonds. The number of hydrogen-bond donors (Lipinski definition) is 1. The van der Waals surface area contributed by atoms with Gasteiger partial charge in [-0.1, -0.05) is 35.7 Å². The molecule has 1 aliphatic rings. The van der Waals surface area contributed by atoms with Crippen molar-refractivity contribution in [3.63, 3.8) is 0 Å². The highest BCUT2D eigenvalue weighted by atomic mass is 35.5. The largest absolute Gasteiger partial charge is 0.336 e. The third kappa shape index (κ3) is 3.91. The summed E-state index contributed by atoms with van der Waals surface area (Å²) in [5, 5.41) is 1.04. The maximum Gasteiger partial charge on any atom is 0.227 e. The molecule has 5 heteroatoms. The van der Waals surface area contributed by atoms with Crippen molar-refractivity contribution in [1.82, 2.24) is 4.90 Å². The lowest BCUT2D eigenvalue weighted by molar-refractivity contribution is -0.138. The summed E-state index contributed by atoms with van der Waals surface area (Å²) >= 11 is 12.0. The fraction of sp³-hybridized carbons (Fsp3) is 0.562. The van der Waals surface area contributed by atoms with Gasteiger partial charge in [0.15, 0.2) is 0 Å². The van der Waals surface area contributed by atoms with E-state index >= 15 is 0 Å². The number of amides is 1. The van der Waals surface area contributed by atoms with Crippen LogP contribution in [0.4, 0.5) is 0 Å². The SMILES string of the molecule is CC(C)N(Cc1ccc(Cl)c(Cl)c1)C(=O)C1CCCC1N. The molecule has 2 rings (SSSR count). The van der Waals surface area contributed by atoms with E-state index in [1.165, 1.54) is 0 Å². The van der Waals surface area contributed by atoms with Crippen LogP contribution in [0.15, 0.2) is 18.2 Å². The highest BCUT2D eigenvalue weighted by molar-refractivity contribution is 6.42. The molecule has 2 atom stereocenters. The summed E-state index contributed by atoms with van der Waals surface area (Å²) in [5.74, 6) is 0.108. The number of carbonyl (C=O) groups excluding carboxylic acids is 1. The number of hydrogen-bond acceptors (Lipinski definition) is 2. The molecule has 0 saturated heterocycles. The molecule has 0 aliphatic heterocycles. The smallest absolute Gasteiger partial charge is 0.227 e. The quantitative estimate of drug-likeness (QED) is 0.912. The number of halogens is 2. The van der Waals surface area contributed by atoms with Crippen LogP contribution in [0.1, 0.15) is 38.7 Å². The lowest BCUT2D eigenvalue weighted by Crippen LogP contribution is -2.44. The first-order valence-corrected chi connectivity index (χ1v) is 8.15. The van der Waals surface area contributed by atoms with Crippen LogP contribution < -0.4 is 5.73 Å². The number of benzene rings is 1. The molecular weight excluding hydrogens is 307 g/mol. The van der Waals surface area contributed by atoms with Crippen molar-refractivity contribution < 1.29 is 4.79 Å². The van der Waals surface area contributed by atoms with E-state index < -0.39 is 0 Å². The molecule has 1 fully saturated rings. The molecule has 1 aromatic rings. The third-order valence-corrected chi connectivity index (χ3v) is 4.87. The number of carbonyl (C=O) groups is 1. The van der Waals surface area contributed by atoms with Gasteiger partial charge in [0.2, 0.25) is 5.91 Å². The molecule has 3 nitrogen and oxygen atoms in total. The van der Waals surface area contributed by atoms with E-state index in [1.54, 1.807) is 6.07 Å². The van der Waals surface area contributed by atoms with Crippen molar-refractivity contribution in [3.8, 4) is 0 Å². The van der Waals surface area contributed by atoms with E-state index in [4.69, 9.17) is 28.9 Å². The van der Waals surface area contributed by atoms with Crippen molar-refractivity contribution in [2.24, 2.45) is 11.7 Å². The number of nitrogens with zero attached hydrogens (tertiary/aromatic N) is 1. The van der Waals surface area contributed by atoms with Crippen LogP contribution in [0.5, 0.6) is 0 Å². The molecule has 0 aromatic heterocycles. The fourth-order valence-electron chi connectivity index (χ4n) is 2.86. The third-order valence-electron chi connectivity index (χ3n) is 4.13. The van der Waals surface area contributed by atoms with Gasteiger partial charge in [-0.15, -0.1) is 0 Å². The van der Waals surface area contributed by atoms with E-state index in [-0.39, 0.29) is 23.9 Å². The molecule has 21 heavy (non-hydrogen) atoms. The zero-order chi connectivity index (χ0) is 15.6. The predicted molar refractivity (Wildman–Crippen MR) is 87.5 cm³/mol. The van der Waals surface area contributed by atoms with Crippen molar-refractivity contribution in [2.45, 2.75) is 51.7 Å². The van der Waals surface area contributed by atoms with Crippen molar-refractivity contribution in [3.05, 3.63) is 33.8 Å². The van der Waals surface area contributed by atoms with Gasteiger partial charge in [0.25, 0.3) is 0 Å². The molecule has 0 bridgehead atoms. The van der Waals surface area contributed by atoms with E-state index in [1.807, 2.05) is 30.9 Å². The summed E-state index contributed by atoms with van der Waals surface area (Å²) in [5.41, 5.74) is 7.05. The molecule has 2 unspecified atom stereocenters. The minimum absolute atomic E-state index is 0.00689. The minimum atomic E-state index is -0.0461.